The van der Waals surface area contributed by atoms with E-state index in [2.05, 4.69) is 16.7 Å². The Labute approximate surface area is 95.2 Å². The molecule has 1 aliphatic rings. The van der Waals surface area contributed by atoms with E-state index < -0.39 is 0 Å². The predicted molar refractivity (Wildman–Crippen MR) is 61.3 cm³/mol. The number of nitrogens with one attached hydrogen (secondary N) is 2. The molecule has 16 heavy (non-hydrogen) atoms. The summed E-state index contributed by atoms with van der Waals surface area (Å²) >= 11 is 0. The zero-order chi connectivity index (χ0) is 11.4. The molecule has 1 heterocycles. The minimum atomic E-state index is 0.301. The maximum atomic E-state index is 8.89. The van der Waals surface area contributed by atoms with Crippen LogP contribution in [-0.4, -0.2) is 26.7 Å². The standard InChI is InChI=1S/C12H15N3O/c1-16-12-6-9(2-3-10(12)7-13)11-8-14-4-5-15-11/h2-3,6,11,14-15H,4-5,8H2,1H3. The number of rotatable bonds is 2. The predicted octanol–water partition coefficient (Wildman–Crippen LogP) is 0.801. The fourth-order valence-corrected chi connectivity index (χ4v) is 1.91. The number of ether oxygens (including phenoxy) is 1. The number of hydrogen-bond acceptors (Lipinski definition) is 4. The SMILES string of the molecule is COc1cc(C2CNCCN2)ccc1C#N. The molecule has 1 atom stereocenters. The highest BCUT2D eigenvalue weighted by Crippen LogP contribution is 2.23. The maximum Gasteiger partial charge on any atom is 0.136 e. The second-order valence-corrected chi connectivity index (χ2v) is 3.78. The van der Waals surface area contributed by atoms with Crippen LogP contribution >= 0.6 is 0 Å². The van der Waals surface area contributed by atoms with Crippen LogP contribution in [0.15, 0.2) is 18.2 Å². The Balaban J connectivity index is 2.25. The molecule has 84 valence electrons. The lowest BCUT2D eigenvalue weighted by Crippen LogP contribution is -2.42. The maximum absolute atomic E-state index is 8.89. The van der Waals surface area contributed by atoms with Crippen molar-refractivity contribution in [2.75, 3.05) is 26.7 Å². The van der Waals surface area contributed by atoms with E-state index >= 15 is 0 Å². The van der Waals surface area contributed by atoms with E-state index in [1.54, 1.807) is 7.11 Å². The van der Waals surface area contributed by atoms with Crippen molar-refractivity contribution in [2.45, 2.75) is 6.04 Å². The summed E-state index contributed by atoms with van der Waals surface area (Å²) in [6, 6.07) is 8.14. The molecule has 4 nitrogen and oxygen atoms in total. The van der Waals surface area contributed by atoms with Crippen LogP contribution in [-0.2, 0) is 0 Å². The van der Waals surface area contributed by atoms with Gasteiger partial charge in [-0.3, -0.25) is 0 Å². The van der Waals surface area contributed by atoms with E-state index in [-0.39, 0.29) is 0 Å². The monoisotopic (exact) mass is 217 g/mol. The zero-order valence-electron chi connectivity index (χ0n) is 9.29. The molecule has 0 bridgehead atoms. The number of benzene rings is 1. The molecule has 2 N–H and O–H groups in total. The topological polar surface area (TPSA) is 57.1 Å². The Morgan fingerprint density at radius 1 is 1.44 bits per heavy atom. The Bertz CT molecular complexity index is 405. The fraction of sp³-hybridized carbons (Fsp3) is 0.417. The molecule has 1 aliphatic heterocycles. The first kappa shape index (κ1) is 10.9. The van der Waals surface area contributed by atoms with E-state index in [1.807, 2.05) is 18.2 Å². The van der Waals surface area contributed by atoms with Crippen molar-refractivity contribution >= 4 is 0 Å². The van der Waals surface area contributed by atoms with Crippen LogP contribution in [0.2, 0.25) is 0 Å². The minimum Gasteiger partial charge on any atom is -0.495 e. The van der Waals surface area contributed by atoms with Crippen molar-refractivity contribution in [2.24, 2.45) is 0 Å². The normalized spacial score (nSPS) is 20.1. The van der Waals surface area contributed by atoms with Crippen molar-refractivity contribution in [3.63, 3.8) is 0 Å². The summed E-state index contributed by atoms with van der Waals surface area (Å²) in [5.74, 6) is 0.646. The smallest absolute Gasteiger partial charge is 0.136 e. The molecule has 4 heteroatoms. The van der Waals surface area contributed by atoms with Gasteiger partial charge in [0.15, 0.2) is 0 Å². The number of hydrogen-bond donors (Lipinski definition) is 2. The largest absolute Gasteiger partial charge is 0.495 e. The number of methoxy groups -OCH3 is 1. The molecule has 0 amide bonds. The van der Waals surface area contributed by atoms with Gasteiger partial charge in [0.2, 0.25) is 0 Å². The number of piperazine rings is 1. The third-order valence-electron chi connectivity index (χ3n) is 2.79. The molecule has 0 aromatic heterocycles. The highest BCUT2D eigenvalue weighted by Gasteiger charge is 2.15. The molecule has 1 aromatic carbocycles. The summed E-state index contributed by atoms with van der Waals surface area (Å²) in [5, 5.41) is 15.6. The molecule has 0 spiro atoms. The molecular weight excluding hydrogens is 202 g/mol. The molecular formula is C12H15N3O. The van der Waals surface area contributed by atoms with Gasteiger partial charge in [-0.1, -0.05) is 6.07 Å². The van der Waals surface area contributed by atoms with Crippen molar-refractivity contribution in [1.29, 1.82) is 5.26 Å². The third kappa shape index (κ3) is 2.16. The van der Waals surface area contributed by atoms with Gasteiger partial charge in [-0.2, -0.15) is 5.26 Å². The van der Waals surface area contributed by atoms with Crippen molar-refractivity contribution in [3.05, 3.63) is 29.3 Å². The van der Waals surface area contributed by atoms with Crippen LogP contribution in [0.1, 0.15) is 17.2 Å². The van der Waals surface area contributed by atoms with Crippen LogP contribution in [0.25, 0.3) is 0 Å². The lowest BCUT2D eigenvalue weighted by Gasteiger charge is -2.25. The molecule has 1 unspecified atom stereocenters. The summed E-state index contributed by atoms with van der Waals surface area (Å²) in [5.41, 5.74) is 1.73. The summed E-state index contributed by atoms with van der Waals surface area (Å²) in [7, 11) is 1.59. The third-order valence-corrected chi connectivity index (χ3v) is 2.79. The van der Waals surface area contributed by atoms with Crippen LogP contribution in [0.3, 0.4) is 0 Å². The second-order valence-electron chi connectivity index (χ2n) is 3.78. The van der Waals surface area contributed by atoms with Crippen molar-refractivity contribution in [3.8, 4) is 11.8 Å². The van der Waals surface area contributed by atoms with E-state index in [0.29, 0.717) is 17.4 Å². The van der Waals surface area contributed by atoms with Crippen LogP contribution < -0.4 is 15.4 Å². The summed E-state index contributed by atoms with van der Waals surface area (Å²) in [6.07, 6.45) is 0. The van der Waals surface area contributed by atoms with E-state index in [4.69, 9.17) is 10.00 Å². The molecule has 0 radical (unpaired) electrons. The molecule has 0 saturated carbocycles. The summed E-state index contributed by atoms with van der Waals surface area (Å²) in [6.45, 7) is 2.88. The molecule has 1 saturated heterocycles. The van der Waals surface area contributed by atoms with E-state index in [1.165, 1.54) is 0 Å². The average molecular weight is 217 g/mol. The molecule has 0 aliphatic carbocycles. The van der Waals surface area contributed by atoms with Crippen molar-refractivity contribution < 1.29 is 4.74 Å². The lowest BCUT2D eigenvalue weighted by atomic mass is 10.0. The molecule has 2 rings (SSSR count). The van der Waals surface area contributed by atoms with Crippen LogP contribution in [0, 0.1) is 11.3 Å². The van der Waals surface area contributed by atoms with Gasteiger partial charge in [0, 0.05) is 25.7 Å². The first-order valence-corrected chi connectivity index (χ1v) is 5.37. The first-order chi connectivity index (χ1) is 7.85. The summed E-state index contributed by atoms with van der Waals surface area (Å²) in [4.78, 5) is 0. The highest BCUT2D eigenvalue weighted by molar-refractivity contribution is 5.46. The Hall–Kier alpha value is -1.57. The van der Waals surface area contributed by atoms with Gasteiger partial charge in [-0.05, 0) is 17.7 Å². The van der Waals surface area contributed by atoms with Crippen LogP contribution in [0.4, 0.5) is 0 Å². The second kappa shape index (κ2) is 4.97. The Morgan fingerprint density at radius 2 is 2.31 bits per heavy atom. The number of nitriles is 1. The zero-order valence-corrected chi connectivity index (χ0v) is 9.29. The van der Waals surface area contributed by atoms with Gasteiger partial charge < -0.3 is 15.4 Å². The van der Waals surface area contributed by atoms with Crippen molar-refractivity contribution in [1.82, 2.24) is 10.6 Å². The quantitative estimate of drug-likeness (QED) is 0.769. The van der Waals surface area contributed by atoms with Gasteiger partial charge in [0.1, 0.15) is 11.8 Å². The highest BCUT2D eigenvalue weighted by atomic mass is 16.5. The van der Waals surface area contributed by atoms with Crippen LogP contribution in [0.5, 0.6) is 5.75 Å². The summed E-state index contributed by atoms with van der Waals surface area (Å²) < 4.78 is 5.20. The Kier molecular flexibility index (Phi) is 3.40. The van der Waals surface area contributed by atoms with Gasteiger partial charge in [-0.25, -0.2) is 0 Å². The lowest BCUT2D eigenvalue weighted by molar-refractivity contribution is 0.406. The van der Waals surface area contributed by atoms with Gasteiger partial charge in [0.05, 0.1) is 12.7 Å². The molecule has 1 fully saturated rings. The van der Waals surface area contributed by atoms with E-state index in [9.17, 15) is 0 Å². The minimum absolute atomic E-state index is 0.301. The Morgan fingerprint density at radius 3 is 2.94 bits per heavy atom. The number of nitrogens with zero attached hydrogens (tertiary/aromatic N) is 1. The fourth-order valence-electron chi connectivity index (χ4n) is 1.91. The van der Waals surface area contributed by atoms with Gasteiger partial charge in [0.25, 0.3) is 0 Å². The van der Waals surface area contributed by atoms with Gasteiger partial charge >= 0.3 is 0 Å². The van der Waals surface area contributed by atoms with Gasteiger partial charge in [-0.15, -0.1) is 0 Å². The first-order valence-electron chi connectivity index (χ1n) is 5.37. The van der Waals surface area contributed by atoms with E-state index in [0.717, 1.165) is 25.2 Å². The average Bonchev–Trinajstić information content (AvgIpc) is 2.39. The molecule has 1 aromatic rings.